The lowest BCUT2D eigenvalue weighted by molar-refractivity contribution is 0.0933. The molecule has 4 nitrogen and oxygen atoms in total. The van der Waals surface area contributed by atoms with Crippen molar-refractivity contribution >= 4 is 5.91 Å². The lowest BCUT2D eigenvalue weighted by atomic mass is 10.0. The van der Waals surface area contributed by atoms with Crippen molar-refractivity contribution in [2.45, 2.75) is 33.2 Å². The molecule has 2 N–H and O–H groups in total. The number of hydrogen-bond acceptors (Lipinski definition) is 2. The maximum absolute atomic E-state index is 12.7. The van der Waals surface area contributed by atoms with Gasteiger partial charge in [-0.3, -0.25) is 4.79 Å². The van der Waals surface area contributed by atoms with Crippen LogP contribution < -0.4 is 5.32 Å². The number of carbonyl (C=O) groups excluding carboxylic acids is 1. The van der Waals surface area contributed by atoms with Gasteiger partial charge in [-0.25, -0.2) is 4.98 Å². The molecule has 1 unspecified atom stereocenters. The third-order valence-corrected chi connectivity index (χ3v) is 4.57. The number of carbonyl (C=O) groups is 1. The van der Waals surface area contributed by atoms with E-state index in [1.807, 2.05) is 75.5 Å². The first-order valence-electron chi connectivity index (χ1n) is 8.57. The Morgan fingerprint density at radius 2 is 1.88 bits per heavy atom. The van der Waals surface area contributed by atoms with E-state index in [1.54, 1.807) is 0 Å². The zero-order chi connectivity index (χ0) is 17.8. The quantitative estimate of drug-likeness (QED) is 0.718. The van der Waals surface area contributed by atoms with Gasteiger partial charge >= 0.3 is 0 Å². The molecule has 0 bridgehead atoms. The molecule has 3 rings (SSSR count). The molecule has 1 amide bonds. The van der Waals surface area contributed by atoms with Gasteiger partial charge in [-0.15, -0.1) is 0 Å². The second-order valence-corrected chi connectivity index (χ2v) is 6.23. The fraction of sp³-hybridized carbons (Fsp3) is 0.238. The lowest BCUT2D eigenvalue weighted by Gasteiger charge is -2.16. The normalized spacial score (nSPS) is 12.0. The van der Waals surface area contributed by atoms with E-state index in [1.165, 1.54) is 0 Å². The van der Waals surface area contributed by atoms with Gasteiger partial charge in [0.15, 0.2) is 0 Å². The first kappa shape index (κ1) is 17.0. The molecule has 0 aliphatic carbocycles. The van der Waals surface area contributed by atoms with Crippen LogP contribution in [0.2, 0.25) is 0 Å². The molecule has 2 aromatic carbocycles. The number of aromatic nitrogens is 2. The van der Waals surface area contributed by atoms with Crippen LogP contribution >= 0.6 is 0 Å². The van der Waals surface area contributed by atoms with Crippen molar-refractivity contribution in [3.8, 4) is 11.3 Å². The van der Waals surface area contributed by atoms with Gasteiger partial charge in [0.25, 0.3) is 5.91 Å². The second-order valence-electron chi connectivity index (χ2n) is 6.23. The molecule has 25 heavy (non-hydrogen) atoms. The van der Waals surface area contributed by atoms with Crippen LogP contribution in [0.15, 0.2) is 54.7 Å². The minimum absolute atomic E-state index is 0.0642. The predicted molar refractivity (Wildman–Crippen MR) is 100 cm³/mol. The molecule has 0 spiro atoms. The highest BCUT2D eigenvalue weighted by Crippen LogP contribution is 2.21. The van der Waals surface area contributed by atoms with E-state index in [0.29, 0.717) is 5.56 Å². The van der Waals surface area contributed by atoms with Crippen molar-refractivity contribution in [3.05, 3.63) is 77.2 Å². The number of benzene rings is 2. The third kappa shape index (κ3) is 3.63. The molecule has 0 aliphatic rings. The summed E-state index contributed by atoms with van der Waals surface area (Å²) in [6.07, 6.45) is 2.58. The number of nitrogens with zero attached hydrogens (tertiary/aromatic N) is 1. The molecule has 0 fully saturated rings. The standard InChI is InChI=1S/C21H23N3O/c1-4-18(24-21(25)17-12-8-9-14(2)15(17)3)20-22-13-19(23-20)16-10-6-5-7-11-16/h5-13,18H,4H2,1-3H3,(H,22,23)(H,24,25). The molecule has 128 valence electrons. The van der Waals surface area contributed by atoms with E-state index in [-0.39, 0.29) is 11.9 Å². The average Bonchev–Trinajstić information content (AvgIpc) is 3.12. The topological polar surface area (TPSA) is 57.8 Å². The number of amides is 1. The van der Waals surface area contributed by atoms with Crippen molar-refractivity contribution in [3.63, 3.8) is 0 Å². The summed E-state index contributed by atoms with van der Waals surface area (Å²) in [4.78, 5) is 20.5. The Labute approximate surface area is 148 Å². The summed E-state index contributed by atoms with van der Waals surface area (Å²) in [5.74, 6) is 0.714. The number of H-pyrrole nitrogens is 1. The molecular weight excluding hydrogens is 310 g/mol. The maximum atomic E-state index is 12.7. The fourth-order valence-electron chi connectivity index (χ4n) is 2.87. The Balaban J connectivity index is 1.80. The van der Waals surface area contributed by atoms with Crippen molar-refractivity contribution in [2.75, 3.05) is 0 Å². The Hall–Kier alpha value is -2.88. The van der Waals surface area contributed by atoms with Gasteiger partial charge in [-0.1, -0.05) is 49.4 Å². The van der Waals surface area contributed by atoms with E-state index < -0.39 is 0 Å². The van der Waals surface area contributed by atoms with E-state index in [0.717, 1.165) is 34.6 Å². The zero-order valence-electron chi connectivity index (χ0n) is 14.8. The Morgan fingerprint density at radius 3 is 2.60 bits per heavy atom. The minimum Gasteiger partial charge on any atom is -0.342 e. The summed E-state index contributed by atoms with van der Waals surface area (Å²) in [6.45, 7) is 6.03. The van der Waals surface area contributed by atoms with Gasteiger partial charge in [-0.2, -0.15) is 0 Å². The van der Waals surface area contributed by atoms with Crippen LogP contribution in [0.1, 0.15) is 46.7 Å². The summed E-state index contributed by atoms with van der Waals surface area (Å²) in [5, 5.41) is 3.10. The molecule has 4 heteroatoms. The molecule has 0 saturated heterocycles. The highest BCUT2D eigenvalue weighted by molar-refractivity contribution is 5.96. The van der Waals surface area contributed by atoms with E-state index in [9.17, 15) is 4.79 Å². The van der Waals surface area contributed by atoms with Gasteiger partial charge < -0.3 is 10.3 Å². The highest BCUT2D eigenvalue weighted by Gasteiger charge is 2.18. The van der Waals surface area contributed by atoms with Crippen molar-refractivity contribution in [1.82, 2.24) is 15.3 Å². The van der Waals surface area contributed by atoms with Crippen LogP contribution in [0.25, 0.3) is 11.3 Å². The summed E-state index contributed by atoms with van der Waals surface area (Å²) >= 11 is 0. The van der Waals surface area contributed by atoms with Gasteiger partial charge in [0.2, 0.25) is 0 Å². The average molecular weight is 333 g/mol. The van der Waals surface area contributed by atoms with Gasteiger partial charge in [0.05, 0.1) is 17.9 Å². The molecule has 1 heterocycles. The van der Waals surface area contributed by atoms with Gasteiger partial charge in [-0.05, 0) is 43.0 Å². The van der Waals surface area contributed by atoms with Crippen molar-refractivity contribution < 1.29 is 4.79 Å². The zero-order valence-corrected chi connectivity index (χ0v) is 14.8. The number of nitrogens with one attached hydrogen (secondary N) is 2. The Morgan fingerprint density at radius 1 is 1.12 bits per heavy atom. The molecule has 1 aromatic heterocycles. The van der Waals surface area contributed by atoms with Crippen LogP contribution in [0, 0.1) is 13.8 Å². The molecule has 1 atom stereocenters. The summed E-state index contributed by atoms with van der Waals surface area (Å²) < 4.78 is 0. The molecule has 3 aromatic rings. The minimum atomic E-state index is -0.148. The van der Waals surface area contributed by atoms with Crippen LogP contribution in [0.3, 0.4) is 0 Å². The van der Waals surface area contributed by atoms with Gasteiger partial charge in [0, 0.05) is 5.56 Å². The smallest absolute Gasteiger partial charge is 0.252 e. The monoisotopic (exact) mass is 333 g/mol. The van der Waals surface area contributed by atoms with Crippen LogP contribution in [0.4, 0.5) is 0 Å². The molecule has 0 radical (unpaired) electrons. The first-order chi connectivity index (χ1) is 12.1. The number of rotatable bonds is 5. The number of imidazole rings is 1. The van der Waals surface area contributed by atoms with Gasteiger partial charge in [0.1, 0.15) is 5.82 Å². The third-order valence-electron chi connectivity index (χ3n) is 4.57. The molecular formula is C21H23N3O. The van der Waals surface area contributed by atoms with Crippen LogP contribution in [0.5, 0.6) is 0 Å². The first-order valence-corrected chi connectivity index (χ1v) is 8.57. The second kappa shape index (κ2) is 7.34. The summed E-state index contributed by atoms with van der Waals surface area (Å²) in [6, 6.07) is 15.7. The largest absolute Gasteiger partial charge is 0.342 e. The van der Waals surface area contributed by atoms with Crippen molar-refractivity contribution in [1.29, 1.82) is 0 Å². The molecule has 0 saturated carbocycles. The lowest BCUT2D eigenvalue weighted by Crippen LogP contribution is -2.29. The maximum Gasteiger partial charge on any atom is 0.252 e. The SMILES string of the molecule is CCC(NC(=O)c1cccc(C)c1C)c1ncc(-c2ccccc2)[nH]1. The molecule has 0 aliphatic heterocycles. The summed E-state index contributed by atoms with van der Waals surface area (Å²) in [7, 11) is 0. The number of hydrogen-bond donors (Lipinski definition) is 2. The van der Waals surface area contributed by atoms with E-state index >= 15 is 0 Å². The fourth-order valence-corrected chi connectivity index (χ4v) is 2.87. The Kier molecular flexibility index (Phi) is 4.98. The van der Waals surface area contributed by atoms with Crippen molar-refractivity contribution in [2.24, 2.45) is 0 Å². The van der Waals surface area contributed by atoms with E-state index in [2.05, 4.69) is 15.3 Å². The Bertz CT molecular complexity index is 868. The number of aromatic amines is 1. The summed E-state index contributed by atoms with van der Waals surface area (Å²) in [5.41, 5.74) is 4.88. The van der Waals surface area contributed by atoms with Crippen LogP contribution in [-0.2, 0) is 0 Å². The highest BCUT2D eigenvalue weighted by atomic mass is 16.1. The van der Waals surface area contributed by atoms with E-state index in [4.69, 9.17) is 0 Å². The number of aryl methyl sites for hydroxylation is 1. The van der Waals surface area contributed by atoms with Crippen LogP contribution in [-0.4, -0.2) is 15.9 Å². The predicted octanol–water partition coefficient (Wildman–Crippen LogP) is 4.57.